The van der Waals surface area contributed by atoms with Crippen LogP contribution < -0.4 is 5.32 Å². The quantitative estimate of drug-likeness (QED) is 0.686. The van der Waals surface area contributed by atoms with Gasteiger partial charge >= 0.3 is 12.0 Å². The van der Waals surface area contributed by atoms with Gasteiger partial charge in [-0.15, -0.1) is 0 Å². The maximum Gasteiger partial charge on any atom is 0.332 e. The Hall–Kier alpha value is -2.02. The Morgan fingerprint density at radius 1 is 1.50 bits per heavy atom. The summed E-state index contributed by atoms with van der Waals surface area (Å²) >= 11 is 0. The Kier molecular flexibility index (Phi) is 4.62. The molecule has 1 aromatic heterocycles. The number of furan rings is 1. The number of urea groups is 1. The van der Waals surface area contributed by atoms with Gasteiger partial charge in [-0.05, 0) is 25.0 Å². The second kappa shape index (κ2) is 6.42. The minimum Gasteiger partial charge on any atom is -0.479 e. The van der Waals surface area contributed by atoms with E-state index in [0.29, 0.717) is 12.3 Å². The maximum absolute atomic E-state index is 12.0. The smallest absolute Gasteiger partial charge is 0.332 e. The largest absolute Gasteiger partial charge is 0.479 e. The number of carbonyl (C=O) groups is 2. The molecule has 2 rings (SSSR count). The van der Waals surface area contributed by atoms with Crippen LogP contribution in [0.3, 0.4) is 0 Å². The van der Waals surface area contributed by atoms with E-state index in [-0.39, 0.29) is 25.0 Å². The summed E-state index contributed by atoms with van der Waals surface area (Å²) in [5, 5.41) is 20.3. The van der Waals surface area contributed by atoms with Gasteiger partial charge < -0.3 is 24.8 Å². The third-order valence-corrected chi connectivity index (χ3v) is 3.13. The average Bonchev–Trinajstić information content (AvgIpc) is 3.12. The summed E-state index contributed by atoms with van der Waals surface area (Å²) in [6.45, 7) is 0.513. The summed E-state index contributed by atoms with van der Waals surface area (Å²) in [5.74, 6) is -0.577. The van der Waals surface area contributed by atoms with Gasteiger partial charge in [0.25, 0.3) is 0 Å². The number of hydrogen-bond acceptors (Lipinski definition) is 4. The van der Waals surface area contributed by atoms with Crippen LogP contribution in [0.2, 0.25) is 0 Å². The third-order valence-electron chi connectivity index (χ3n) is 3.13. The Morgan fingerprint density at radius 2 is 2.25 bits per heavy atom. The monoisotopic (exact) mass is 282 g/mol. The fraction of sp³-hybridized carbons (Fsp3) is 0.538. The van der Waals surface area contributed by atoms with Crippen LogP contribution in [0.15, 0.2) is 22.8 Å². The molecule has 1 saturated carbocycles. The Morgan fingerprint density at radius 3 is 2.80 bits per heavy atom. The summed E-state index contributed by atoms with van der Waals surface area (Å²) in [5.41, 5.74) is 0. The summed E-state index contributed by atoms with van der Waals surface area (Å²) in [4.78, 5) is 24.2. The van der Waals surface area contributed by atoms with Crippen molar-refractivity contribution in [3.63, 3.8) is 0 Å². The van der Waals surface area contributed by atoms with E-state index in [2.05, 4.69) is 5.32 Å². The maximum atomic E-state index is 12.0. The van der Waals surface area contributed by atoms with Crippen LogP contribution in [0.1, 0.15) is 25.0 Å². The fourth-order valence-electron chi connectivity index (χ4n) is 1.86. The molecule has 20 heavy (non-hydrogen) atoms. The van der Waals surface area contributed by atoms with E-state index in [1.807, 2.05) is 0 Å². The summed E-state index contributed by atoms with van der Waals surface area (Å²) in [7, 11) is 0. The normalized spacial score (nSPS) is 15.7. The van der Waals surface area contributed by atoms with Crippen LogP contribution in [0.5, 0.6) is 0 Å². The van der Waals surface area contributed by atoms with Crippen molar-refractivity contribution in [1.82, 2.24) is 10.2 Å². The first-order chi connectivity index (χ1) is 9.58. The molecule has 0 radical (unpaired) electrons. The van der Waals surface area contributed by atoms with Gasteiger partial charge in [0.15, 0.2) is 6.10 Å². The molecule has 110 valence electrons. The van der Waals surface area contributed by atoms with Gasteiger partial charge in [0.2, 0.25) is 0 Å². The van der Waals surface area contributed by atoms with Gasteiger partial charge in [-0.3, -0.25) is 0 Å². The lowest BCUT2D eigenvalue weighted by Gasteiger charge is -2.22. The average molecular weight is 282 g/mol. The first-order valence-corrected chi connectivity index (χ1v) is 6.55. The molecule has 0 spiro atoms. The minimum absolute atomic E-state index is 0.0136. The second-order valence-electron chi connectivity index (χ2n) is 4.81. The first kappa shape index (κ1) is 14.4. The zero-order valence-corrected chi connectivity index (χ0v) is 11.0. The lowest BCUT2D eigenvalue weighted by molar-refractivity contribution is -0.146. The molecule has 0 unspecified atom stereocenters. The number of nitrogens with one attached hydrogen (secondary N) is 1. The number of aliphatic hydroxyl groups is 1. The fourth-order valence-corrected chi connectivity index (χ4v) is 1.86. The number of carboxylic acid groups (broad SMARTS) is 1. The molecule has 0 aliphatic heterocycles. The highest BCUT2D eigenvalue weighted by atomic mass is 16.4. The molecule has 1 aliphatic carbocycles. The van der Waals surface area contributed by atoms with Gasteiger partial charge in [-0.2, -0.15) is 0 Å². The summed E-state index contributed by atoms with van der Waals surface area (Å²) < 4.78 is 5.23. The predicted octanol–water partition coefficient (Wildman–Crippen LogP) is 0.789. The van der Waals surface area contributed by atoms with Gasteiger partial charge in [0, 0.05) is 19.0 Å². The summed E-state index contributed by atoms with van der Waals surface area (Å²) in [6, 6.07) is 3.52. The van der Waals surface area contributed by atoms with Crippen LogP contribution in [-0.2, 0) is 11.3 Å². The van der Waals surface area contributed by atoms with E-state index in [4.69, 9.17) is 14.6 Å². The van der Waals surface area contributed by atoms with Gasteiger partial charge in [-0.25, -0.2) is 9.59 Å². The molecule has 3 N–H and O–H groups in total. The van der Waals surface area contributed by atoms with Crippen molar-refractivity contribution in [2.45, 2.75) is 38.0 Å². The molecular formula is C13H18N2O5. The van der Waals surface area contributed by atoms with Crippen molar-refractivity contribution in [3.05, 3.63) is 24.2 Å². The van der Waals surface area contributed by atoms with Crippen molar-refractivity contribution in [2.75, 3.05) is 6.54 Å². The standard InChI is InChI=1S/C13H18N2O5/c16-11(12(17)18)5-6-14-13(19)15(9-3-4-9)8-10-2-1-7-20-10/h1-2,7,9,11,16H,3-6,8H2,(H,14,19)(H,17,18)/t11-/m0/s1. The molecule has 0 aromatic carbocycles. The highest BCUT2D eigenvalue weighted by Gasteiger charge is 2.33. The predicted molar refractivity (Wildman–Crippen MR) is 68.9 cm³/mol. The molecule has 1 atom stereocenters. The lowest BCUT2D eigenvalue weighted by Crippen LogP contribution is -2.42. The Balaban J connectivity index is 1.80. The van der Waals surface area contributed by atoms with E-state index in [1.54, 1.807) is 23.3 Å². The van der Waals surface area contributed by atoms with Gasteiger partial charge in [-0.1, -0.05) is 0 Å². The molecule has 1 aliphatic rings. The van der Waals surface area contributed by atoms with Crippen molar-refractivity contribution in [2.24, 2.45) is 0 Å². The summed E-state index contributed by atoms with van der Waals surface area (Å²) in [6.07, 6.45) is 2.02. The van der Waals surface area contributed by atoms with Crippen LogP contribution in [0, 0.1) is 0 Å². The highest BCUT2D eigenvalue weighted by molar-refractivity contribution is 5.75. The van der Waals surface area contributed by atoms with E-state index in [9.17, 15) is 9.59 Å². The van der Waals surface area contributed by atoms with Crippen molar-refractivity contribution < 1.29 is 24.2 Å². The number of amides is 2. The first-order valence-electron chi connectivity index (χ1n) is 6.55. The van der Waals surface area contributed by atoms with Crippen molar-refractivity contribution in [1.29, 1.82) is 0 Å². The molecule has 1 aromatic rings. The van der Waals surface area contributed by atoms with E-state index >= 15 is 0 Å². The number of aliphatic carboxylic acids is 1. The SMILES string of the molecule is O=C(O)[C@@H](O)CCNC(=O)N(Cc1ccco1)C1CC1. The zero-order chi connectivity index (χ0) is 14.5. The molecule has 0 saturated heterocycles. The number of aliphatic hydroxyl groups excluding tert-OH is 1. The van der Waals surface area contributed by atoms with E-state index in [1.165, 1.54) is 0 Å². The van der Waals surface area contributed by atoms with Crippen molar-refractivity contribution >= 4 is 12.0 Å². The van der Waals surface area contributed by atoms with Crippen LogP contribution in [0.4, 0.5) is 4.79 Å². The van der Waals surface area contributed by atoms with Crippen LogP contribution in [0.25, 0.3) is 0 Å². The second-order valence-corrected chi connectivity index (χ2v) is 4.81. The highest BCUT2D eigenvalue weighted by Crippen LogP contribution is 2.28. The molecule has 7 nitrogen and oxygen atoms in total. The number of hydrogen-bond donors (Lipinski definition) is 3. The van der Waals surface area contributed by atoms with Crippen LogP contribution >= 0.6 is 0 Å². The molecule has 0 bridgehead atoms. The number of rotatable bonds is 7. The molecular weight excluding hydrogens is 264 g/mol. The Bertz CT molecular complexity index is 455. The minimum atomic E-state index is -1.45. The third kappa shape index (κ3) is 3.99. The zero-order valence-electron chi connectivity index (χ0n) is 11.0. The number of carbonyl (C=O) groups excluding carboxylic acids is 1. The number of nitrogens with zero attached hydrogens (tertiary/aromatic N) is 1. The lowest BCUT2D eigenvalue weighted by atomic mass is 10.2. The topological polar surface area (TPSA) is 103 Å². The van der Waals surface area contributed by atoms with Crippen molar-refractivity contribution in [3.8, 4) is 0 Å². The number of carboxylic acids is 1. The molecule has 1 fully saturated rings. The molecule has 7 heteroatoms. The van der Waals surface area contributed by atoms with Crippen LogP contribution in [-0.4, -0.2) is 45.8 Å². The Labute approximate surface area is 116 Å². The van der Waals surface area contributed by atoms with E-state index in [0.717, 1.165) is 12.8 Å². The molecule has 1 heterocycles. The molecule has 2 amide bonds. The van der Waals surface area contributed by atoms with E-state index < -0.39 is 12.1 Å². The van der Waals surface area contributed by atoms with Gasteiger partial charge in [0.05, 0.1) is 12.8 Å². The van der Waals surface area contributed by atoms with Gasteiger partial charge in [0.1, 0.15) is 5.76 Å².